The van der Waals surface area contributed by atoms with Gasteiger partial charge in [0.05, 0.1) is 5.75 Å². The molecule has 2 aromatic carbocycles. The Hall–Kier alpha value is -2.34. The molecule has 1 saturated heterocycles. The molecule has 0 aromatic heterocycles. The van der Waals surface area contributed by atoms with Crippen LogP contribution in [0.4, 0.5) is 0 Å². The van der Waals surface area contributed by atoms with E-state index in [0.717, 1.165) is 12.8 Å². The minimum Gasteiger partial charge on any atom is -0.508 e. The van der Waals surface area contributed by atoms with Crippen molar-refractivity contribution in [3.8, 4) is 5.75 Å². The molecular weight excluding hydrogens is 350 g/mol. The Morgan fingerprint density at radius 1 is 1.04 bits per heavy atom. The number of sulfone groups is 1. The van der Waals surface area contributed by atoms with Crippen LogP contribution in [-0.4, -0.2) is 43.7 Å². The summed E-state index contributed by atoms with van der Waals surface area (Å²) in [5.74, 6) is 0.636. The van der Waals surface area contributed by atoms with Crippen molar-refractivity contribution >= 4 is 15.7 Å². The zero-order chi connectivity index (χ0) is 18.7. The lowest BCUT2D eigenvalue weighted by Crippen LogP contribution is -2.37. The summed E-state index contributed by atoms with van der Waals surface area (Å²) in [4.78, 5) is 14.5. The average molecular weight is 373 g/mol. The number of hydrogen-bond acceptors (Lipinski definition) is 4. The first kappa shape index (κ1) is 18.5. The number of aromatic hydroxyl groups is 1. The van der Waals surface area contributed by atoms with E-state index in [1.54, 1.807) is 36.4 Å². The molecule has 0 aliphatic carbocycles. The van der Waals surface area contributed by atoms with Crippen LogP contribution in [0.15, 0.2) is 48.5 Å². The highest BCUT2D eigenvalue weighted by Crippen LogP contribution is 2.29. The summed E-state index contributed by atoms with van der Waals surface area (Å²) in [5.41, 5.74) is 2.47. The molecule has 1 fully saturated rings. The van der Waals surface area contributed by atoms with Crippen molar-refractivity contribution < 1.29 is 18.3 Å². The Labute approximate surface area is 154 Å². The van der Waals surface area contributed by atoms with Crippen molar-refractivity contribution in [2.75, 3.05) is 19.3 Å². The maximum Gasteiger partial charge on any atom is 0.253 e. The van der Waals surface area contributed by atoms with Crippen LogP contribution in [0, 0.1) is 0 Å². The molecule has 5 nitrogen and oxygen atoms in total. The number of benzene rings is 2. The van der Waals surface area contributed by atoms with Crippen LogP contribution in [0.5, 0.6) is 5.75 Å². The molecule has 1 aliphatic heterocycles. The van der Waals surface area contributed by atoms with Gasteiger partial charge in [-0.3, -0.25) is 4.79 Å². The number of hydrogen-bond donors (Lipinski definition) is 1. The Kier molecular flexibility index (Phi) is 5.32. The molecule has 0 atom stereocenters. The van der Waals surface area contributed by atoms with Crippen molar-refractivity contribution in [1.29, 1.82) is 0 Å². The first-order chi connectivity index (χ1) is 12.3. The minimum absolute atomic E-state index is 0.0138. The van der Waals surface area contributed by atoms with Crippen LogP contribution in [0.3, 0.4) is 0 Å². The fourth-order valence-corrected chi connectivity index (χ4v) is 4.19. The van der Waals surface area contributed by atoms with Crippen molar-refractivity contribution in [2.45, 2.75) is 24.5 Å². The molecule has 138 valence electrons. The lowest BCUT2D eigenvalue weighted by atomic mass is 9.89. The van der Waals surface area contributed by atoms with Gasteiger partial charge in [-0.05, 0) is 54.2 Å². The molecule has 0 radical (unpaired) electrons. The third kappa shape index (κ3) is 4.64. The molecule has 0 unspecified atom stereocenters. The monoisotopic (exact) mass is 373 g/mol. The molecular formula is C20H23NO4S. The van der Waals surface area contributed by atoms with Gasteiger partial charge in [0.1, 0.15) is 5.75 Å². The summed E-state index contributed by atoms with van der Waals surface area (Å²) < 4.78 is 22.7. The van der Waals surface area contributed by atoms with E-state index in [4.69, 9.17) is 0 Å². The van der Waals surface area contributed by atoms with Gasteiger partial charge in [-0.15, -0.1) is 0 Å². The number of nitrogens with zero attached hydrogens (tertiary/aromatic N) is 1. The summed E-state index contributed by atoms with van der Waals surface area (Å²) in [6, 6.07) is 14.1. The second-order valence-corrected chi connectivity index (χ2v) is 9.07. The summed E-state index contributed by atoms with van der Waals surface area (Å²) in [6.45, 7) is 1.38. The van der Waals surface area contributed by atoms with E-state index in [0.29, 0.717) is 30.1 Å². The van der Waals surface area contributed by atoms with Gasteiger partial charge < -0.3 is 10.0 Å². The first-order valence-corrected chi connectivity index (χ1v) is 10.7. The quantitative estimate of drug-likeness (QED) is 0.894. The standard InChI is InChI=1S/C20H23NO4S/c1-26(24,25)14-15-2-4-18(5-3-15)20(23)21-12-10-17(11-13-21)16-6-8-19(22)9-7-16/h2-9,17,22H,10-14H2,1H3. The average Bonchev–Trinajstić information content (AvgIpc) is 2.61. The number of rotatable bonds is 4. The molecule has 0 spiro atoms. The Morgan fingerprint density at radius 2 is 1.62 bits per heavy atom. The summed E-state index contributed by atoms with van der Waals surface area (Å²) in [5, 5.41) is 9.39. The minimum atomic E-state index is -3.08. The largest absolute Gasteiger partial charge is 0.508 e. The van der Waals surface area contributed by atoms with Gasteiger partial charge in [-0.25, -0.2) is 8.42 Å². The summed E-state index contributed by atoms with van der Waals surface area (Å²) in [7, 11) is -3.08. The van der Waals surface area contributed by atoms with Gasteiger partial charge in [0.25, 0.3) is 5.91 Å². The molecule has 1 N–H and O–H groups in total. The maximum absolute atomic E-state index is 12.7. The Morgan fingerprint density at radius 3 is 2.15 bits per heavy atom. The van der Waals surface area contributed by atoms with Crippen molar-refractivity contribution in [3.05, 3.63) is 65.2 Å². The smallest absolute Gasteiger partial charge is 0.253 e. The van der Waals surface area contributed by atoms with Gasteiger partial charge in [0.2, 0.25) is 0 Å². The molecule has 6 heteroatoms. The number of amides is 1. The lowest BCUT2D eigenvalue weighted by Gasteiger charge is -2.32. The van der Waals surface area contributed by atoms with Gasteiger partial charge in [-0.1, -0.05) is 24.3 Å². The topological polar surface area (TPSA) is 74.7 Å². The van der Waals surface area contributed by atoms with Gasteiger partial charge in [0.15, 0.2) is 9.84 Å². The number of carbonyl (C=O) groups excluding carboxylic acids is 1. The first-order valence-electron chi connectivity index (χ1n) is 8.67. The summed E-state index contributed by atoms with van der Waals surface area (Å²) in [6.07, 6.45) is 2.98. The van der Waals surface area contributed by atoms with Crippen molar-refractivity contribution in [1.82, 2.24) is 4.90 Å². The number of carbonyl (C=O) groups is 1. The van der Waals surface area contributed by atoms with E-state index in [1.807, 2.05) is 17.0 Å². The van der Waals surface area contributed by atoms with Gasteiger partial charge in [0, 0.05) is 24.9 Å². The van der Waals surface area contributed by atoms with Gasteiger partial charge >= 0.3 is 0 Å². The highest BCUT2D eigenvalue weighted by atomic mass is 32.2. The van der Waals surface area contributed by atoms with Crippen LogP contribution >= 0.6 is 0 Å². The SMILES string of the molecule is CS(=O)(=O)Cc1ccc(C(=O)N2CCC(c3ccc(O)cc3)CC2)cc1. The zero-order valence-corrected chi connectivity index (χ0v) is 15.6. The van der Waals surface area contributed by atoms with Crippen molar-refractivity contribution in [3.63, 3.8) is 0 Å². The van der Waals surface area contributed by atoms with E-state index < -0.39 is 9.84 Å². The third-order valence-corrected chi connectivity index (χ3v) is 5.63. The fourth-order valence-electron chi connectivity index (χ4n) is 3.39. The maximum atomic E-state index is 12.7. The molecule has 0 bridgehead atoms. The second-order valence-electron chi connectivity index (χ2n) is 6.93. The second kappa shape index (κ2) is 7.50. The molecule has 1 heterocycles. The molecule has 1 amide bonds. The van der Waals surface area contributed by atoms with E-state index in [2.05, 4.69) is 0 Å². The molecule has 1 aliphatic rings. The van der Waals surface area contributed by atoms with Crippen LogP contribution in [0.1, 0.15) is 40.2 Å². The molecule has 0 saturated carbocycles. The van der Waals surface area contributed by atoms with E-state index in [1.165, 1.54) is 11.8 Å². The normalized spacial score (nSPS) is 15.8. The van der Waals surface area contributed by atoms with Crippen LogP contribution < -0.4 is 0 Å². The molecule has 3 rings (SSSR count). The highest BCUT2D eigenvalue weighted by molar-refractivity contribution is 7.89. The van der Waals surface area contributed by atoms with Crippen LogP contribution in [0.2, 0.25) is 0 Å². The van der Waals surface area contributed by atoms with Crippen molar-refractivity contribution in [2.24, 2.45) is 0 Å². The number of likely N-dealkylation sites (tertiary alicyclic amines) is 1. The predicted octanol–water partition coefficient (Wildman–Crippen LogP) is 2.96. The number of phenolic OH excluding ortho intramolecular Hbond substituents is 1. The summed E-state index contributed by atoms with van der Waals surface area (Å²) >= 11 is 0. The third-order valence-electron chi connectivity index (χ3n) is 4.78. The van der Waals surface area contributed by atoms with E-state index in [-0.39, 0.29) is 17.4 Å². The number of piperidine rings is 1. The highest BCUT2D eigenvalue weighted by Gasteiger charge is 2.24. The molecule has 26 heavy (non-hydrogen) atoms. The predicted molar refractivity (Wildman–Crippen MR) is 101 cm³/mol. The Balaban J connectivity index is 1.60. The van der Waals surface area contributed by atoms with E-state index >= 15 is 0 Å². The molecule has 2 aromatic rings. The van der Waals surface area contributed by atoms with E-state index in [9.17, 15) is 18.3 Å². The van der Waals surface area contributed by atoms with Crippen LogP contribution in [-0.2, 0) is 15.6 Å². The van der Waals surface area contributed by atoms with Crippen LogP contribution in [0.25, 0.3) is 0 Å². The lowest BCUT2D eigenvalue weighted by molar-refractivity contribution is 0.0713. The Bertz CT molecular complexity index is 865. The van der Waals surface area contributed by atoms with Gasteiger partial charge in [-0.2, -0.15) is 0 Å². The zero-order valence-electron chi connectivity index (χ0n) is 14.8. The fraction of sp³-hybridized carbons (Fsp3) is 0.350. The number of phenols is 1.